The Morgan fingerprint density at radius 3 is 2.44 bits per heavy atom. The topological polar surface area (TPSA) is 82.9 Å². The van der Waals surface area contributed by atoms with Gasteiger partial charge in [0.25, 0.3) is 5.91 Å². The van der Waals surface area contributed by atoms with Crippen LogP contribution in [0.5, 0.6) is 11.5 Å². The van der Waals surface area contributed by atoms with Gasteiger partial charge >= 0.3 is 5.97 Å². The predicted octanol–water partition coefficient (Wildman–Crippen LogP) is 1.81. The molecule has 0 saturated heterocycles. The lowest BCUT2D eigenvalue weighted by Gasteiger charge is -2.28. The van der Waals surface area contributed by atoms with Crippen LogP contribution >= 0.6 is 0 Å². The highest BCUT2D eigenvalue weighted by molar-refractivity contribution is 6.00. The summed E-state index contributed by atoms with van der Waals surface area (Å²) in [7, 11) is 4.74. The van der Waals surface area contributed by atoms with Crippen LogP contribution in [0.2, 0.25) is 0 Å². The number of aromatic nitrogens is 2. The van der Waals surface area contributed by atoms with Gasteiger partial charge in [-0.25, -0.2) is 4.79 Å². The van der Waals surface area contributed by atoms with E-state index in [2.05, 4.69) is 5.10 Å². The summed E-state index contributed by atoms with van der Waals surface area (Å²) < 4.78 is 17.4. The van der Waals surface area contributed by atoms with Crippen molar-refractivity contribution in [3.8, 4) is 11.5 Å². The fourth-order valence-electron chi connectivity index (χ4n) is 3.35. The Morgan fingerprint density at radius 2 is 1.85 bits per heavy atom. The SMILES string of the molecule is CCOC(=O)c1c2c(nn1C)CCN(C(=O)c1c(OC)cccc1OC)C2. The highest BCUT2D eigenvalue weighted by atomic mass is 16.5. The zero-order valence-corrected chi connectivity index (χ0v) is 15.9. The van der Waals surface area contributed by atoms with Gasteiger partial charge in [0.15, 0.2) is 5.69 Å². The molecule has 0 saturated carbocycles. The van der Waals surface area contributed by atoms with E-state index in [1.807, 2.05) is 0 Å². The number of benzene rings is 1. The maximum atomic E-state index is 13.2. The first-order valence-corrected chi connectivity index (χ1v) is 8.73. The summed E-state index contributed by atoms with van der Waals surface area (Å²) >= 11 is 0. The molecule has 0 spiro atoms. The second-order valence-corrected chi connectivity index (χ2v) is 6.13. The molecule has 1 aromatic carbocycles. The highest BCUT2D eigenvalue weighted by Gasteiger charge is 2.32. The molecule has 2 aromatic rings. The molecular weight excluding hydrogens is 350 g/mol. The molecule has 8 nitrogen and oxygen atoms in total. The zero-order chi connectivity index (χ0) is 19.6. The smallest absolute Gasteiger partial charge is 0.356 e. The molecule has 3 rings (SSSR count). The van der Waals surface area contributed by atoms with Gasteiger partial charge in [0, 0.05) is 25.6 Å². The van der Waals surface area contributed by atoms with Gasteiger partial charge < -0.3 is 19.1 Å². The summed E-state index contributed by atoms with van der Waals surface area (Å²) in [4.78, 5) is 27.2. The Kier molecular flexibility index (Phi) is 5.34. The van der Waals surface area contributed by atoms with E-state index in [1.54, 1.807) is 37.1 Å². The van der Waals surface area contributed by atoms with Crippen LogP contribution in [0.1, 0.15) is 39.0 Å². The third kappa shape index (κ3) is 3.34. The molecule has 1 amide bonds. The maximum Gasteiger partial charge on any atom is 0.356 e. The molecule has 1 aliphatic heterocycles. The second kappa shape index (κ2) is 7.69. The van der Waals surface area contributed by atoms with Gasteiger partial charge in [-0.2, -0.15) is 5.10 Å². The molecule has 0 fully saturated rings. The first-order valence-electron chi connectivity index (χ1n) is 8.73. The number of ether oxygens (including phenoxy) is 3. The molecular formula is C19H23N3O5. The molecule has 0 atom stereocenters. The monoisotopic (exact) mass is 373 g/mol. The minimum atomic E-state index is -0.432. The largest absolute Gasteiger partial charge is 0.496 e. The minimum Gasteiger partial charge on any atom is -0.496 e. The van der Waals surface area contributed by atoms with Crippen molar-refractivity contribution in [1.29, 1.82) is 0 Å². The van der Waals surface area contributed by atoms with E-state index in [0.717, 1.165) is 11.3 Å². The summed E-state index contributed by atoms with van der Waals surface area (Å²) in [5.41, 5.74) is 2.30. The summed E-state index contributed by atoms with van der Waals surface area (Å²) in [6.07, 6.45) is 0.561. The van der Waals surface area contributed by atoms with Crippen LogP contribution in [0.25, 0.3) is 0 Å². The van der Waals surface area contributed by atoms with Crippen molar-refractivity contribution in [3.63, 3.8) is 0 Å². The summed E-state index contributed by atoms with van der Waals surface area (Å²) in [6, 6.07) is 5.21. The van der Waals surface area contributed by atoms with E-state index in [-0.39, 0.29) is 19.1 Å². The first-order chi connectivity index (χ1) is 13.0. The van der Waals surface area contributed by atoms with Crippen molar-refractivity contribution < 1.29 is 23.8 Å². The number of methoxy groups -OCH3 is 2. The van der Waals surface area contributed by atoms with Crippen LogP contribution < -0.4 is 9.47 Å². The lowest BCUT2D eigenvalue weighted by molar-refractivity contribution is 0.0507. The van der Waals surface area contributed by atoms with Crippen molar-refractivity contribution in [2.24, 2.45) is 7.05 Å². The summed E-state index contributed by atoms with van der Waals surface area (Å²) in [5.74, 6) is 0.246. The average molecular weight is 373 g/mol. The van der Waals surface area contributed by atoms with Crippen LogP contribution in [0.3, 0.4) is 0 Å². The number of fused-ring (bicyclic) bond motifs is 1. The Hall–Kier alpha value is -3.03. The average Bonchev–Trinajstić information content (AvgIpc) is 3.01. The number of carbonyl (C=O) groups excluding carboxylic acids is 2. The van der Waals surface area contributed by atoms with E-state index in [4.69, 9.17) is 14.2 Å². The van der Waals surface area contributed by atoms with Crippen molar-refractivity contribution in [1.82, 2.24) is 14.7 Å². The normalized spacial score (nSPS) is 13.1. The maximum absolute atomic E-state index is 13.2. The number of aryl methyl sites for hydroxylation is 1. The molecule has 1 aromatic heterocycles. The Bertz CT molecular complexity index is 852. The molecule has 0 unspecified atom stereocenters. The Labute approximate surface area is 157 Å². The van der Waals surface area contributed by atoms with Crippen molar-refractivity contribution >= 4 is 11.9 Å². The van der Waals surface area contributed by atoms with Gasteiger partial charge in [-0.1, -0.05) is 6.07 Å². The molecule has 0 bridgehead atoms. The zero-order valence-electron chi connectivity index (χ0n) is 15.9. The first kappa shape index (κ1) is 18.8. The number of esters is 1. The van der Waals surface area contributed by atoms with Crippen LogP contribution in [-0.4, -0.2) is 53.9 Å². The van der Waals surface area contributed by atoms with Crippen LogP contribution in [0, 0.1) is 0 Å². The van der Waals surface area contributed by atoms with E-state index >= 15 is 0 Å². The van der Waals surface area contributed by atoms with Gasteiger partial charge in [0.05, 0.1) is 33.1 Å². The van der Waals surface area contributed by atoms with Gasteiger partial charge in [-0.3, -0.25) is 9.48 Å². The Morgan fingerprint density at radius 1 is 1.19 bits per heavy atom. The molecule has 1 aliphatic rings. The van der Waals surface area contributed by atoms with E-state index in [9.17, 15) is 9.59 Å². The number of hydrogen-bond donors (Lipinski definition) is 0. The van der Waals surface area contributed by atoms with E-state index < -0.39 is 5.97 Å². The van der Waals surface area contributed by atoms with Crippen LogP contribution in [0.15, 0.2) is 18.2 Å². The van der Waals surface area contributed by atoms with Gasteiger partial charge in [0.2, 0.25) is 0 Å². The number of amides is 1. The van der Waals surface area contributed by atoms with Gasteiger partial charge in [-0.05, 0) is 19.1 Å². The number of hydrogen-bond acceptors (Lipinski definition) is 6. The van der Waals surface area contributed by atoms with Crippen molar-refractivity contribution in [2.75, 3.05) is 27.4 Å². The van der Waals surface area contributed by atoms with Crippen LogP contribution in [0.4, 0.5) is 0 Å². The third-order valence-corrected chi connectivity index (χ3v) is 4.59. The summed E-state index contributed by atoms with van der Waals surface area (Å²) in [5, 5.41) is 4.42. The number of rotatable bonds is 5. The Balaban J connectivity index is 1.95. The molecule has 27 heavy (non-hydrogen) atoms. The van der Waals surface area contributed by atoms with Gasteiger partial charge in [-0.15, -0.1) is 0 Å². The van der Waals surface area contributed by atoms with Gasteiger partial charge in [0.1, 0.15) is 17.1 Å². The number of nitrogens with zero attached hydrogens (tertiary/aromatic N) is 3. The quantitative estimate of drug-likeness (QED) is 0.744. The fraction of sp³-hybridized carbons (Fsp3) is 0.421. The molecule has 8 heteroatoms. The second-order valence-electron chi connectivity index (χ2n) is 6.13. The van der Waals surface area contributed by atoms with E-state index in [0.29, 0.717) is 35.7 Å². The molecule has 144 valence electrons. The molecule has 0 radical (unpaired) electrons. The lowest BCUT2D eigenvalue weighted by Crippen LogP contribution is -2.36. The van der Waals surface area contributed by atoms with Crippen molar-refractivity contribution in [2.45, 2.75) is 19.9 Å². The molecule has 0 N–H and O–H groups in total. The predicted molar refractivity (Wildman–Crippen MR) is 97.2 cm³/mol. The third-order valence-electron chi connectivity index (χ3n) is 4.59. The minimum absolute atomic E-state index is 0.214. The van der Waals surface area contributed by atoms with Crippen LogP contribution in [-0.2, 0) is 24.8 Å². The standard InChI is InChI=1S/C19H23N3O5/c1-5-27-19(24)17-12-11-22(10-9-13(12)20-21(17)2)18(23)16-14(25-3)7-6-8-15(16)26-4/h6-8H,5,9-11H2,1-4H3. The van der Waals surface area contributed by atoms with E-state index in [1.165, 1.54) is 18.9 Å². The lowest BCUT2D eigenvalue weighted by atomic mass is 10.0. The summed E-state index contributed by atoms with van der Waals surface area (Å²) in [6.45, 7) is 2.80. The van der Waals surface area contributed by atoms with Crippen molar-refractivity contribution in [3.05, 3.63) is 40.7 Å². The fourth-order valence-corrected chi connectivity index (χ4v) is 3.35. The molecule has 2 heterocycles. The molecule has 0 aliphatic carbocycles. The highest BCUT2D eigenvalue weighted by Crippen LogP contribution is 2.32. The number of carbonyl (C=O) groups is 2.